The molecule has 2 nitrogen and oxygen atoms in total. The van der Waals surface area contributed by atoms with Gasteiger partial charge in [0.05, 0.1) is 5.33 Å². The van der Waals surface area contributed by atoms with E-state index >= 15 is 0 Å². The van der Waals surface area contributed by atoms with Crippen LogP contribution in [0.25, 0.3) is 11.1 Å². The van der Waals surface area contributed by atoms with Crippen molar-refractivity contribution in [2.45, 2.75) is 31.5 Å². The highest BCUT2D eigenvalue weighted by Crippen LogP contribution is 2.19. The molecule has 0 unspecified atom stereocenters. The number of aryl methyl sites for hydroxylation is 1. The molecule has 0 saturated carbocycles. The van der Waals surface area contributed by atoms with Crippen molar-refractivity contribution in [3.8, 4) is 11.1 Å². The molecule has 0 atom stereocenters. The summed E-state index contributed by atoms with van der Waals surface area (Å²) in [5, 5.41) is 0.698. The summed E-state index contributed by atoms with van der Waals surface area (Å²) >= 11 is 3.35. The van der Waals surface area contributed by atoms with Gasteiger partial charge in [-0.15, -0.1) is 0 Å². The number of hydrogen-bond acceptors (Lipinski definition) is 2. The Balaban J connectivity index is 2.12. The van der Waals surface area contributed by atoms with Crippen molar-refractivity contribution in [1.82, 2.24) is 9.97 Å². The summed E-state index contributed by atoms with van der Waals surface area (Å²) in [5.74, 6) is 0.818. The fourth-order valence-corrected chi connectivity index (χ4v) is 2.11. The van der Waals surface area contributed by atoms with Crippen molar-refractivity contribution >= 4 is 15.9 Å². The normalized spacial score (nSPS) is 10.6. The van der Waals surface area contributed by atoms with Crippen LogP contribution in [0.3, 0.4) is 0 Å². The Morgan fingerprint density at radius 2 is 1.67 bits per heavy atom. The summed E-state index contributed by atoms with van der Waals surface area (Å²) in [5.41, 5.74) is 3.65. The van der Waals surface area contributed by atoms with Crippen LogP contribution in [0.2, 0.25) is 0 Å². The highest BCUT2D eigenvalue weighted by Gasteiger charge is 2.00. The van der Waals surface area contributed by atoms with E-state index in [1.165, 1.54) is 24.0 Å². The van der Waals surface area contributed by atoms with Crippen molar-refractivity contribution in [3.05, 3.63) is 48.0 Å². The number of nitrogens with zero attached hydrogens (tertiary/aromatic N) is 2. The lowest BCUT2D eigenvalue weighted by Gasteiger charge is -2.04. The molecule has 1 heterocycles. The Kier molecular flexibility index (Phi) is 4.88. The molecule has 0 aliphatic rings. The van der Waals surface area contributed by atoms with Gasteiger partial charge in [-0.3, -0.25) is 0 Å². The van der Waals surface area contributed by atoms with E-state index < -0.39 is 0 Å². The maximum atomic E-state index is 4.29. The van der Waals surface area contributed by atoms with Crippen molar-refractivity contribution in [3.63, 3.8) is 0 Å². The van der Waals surface area contributed by atoms with Gasteiger partial charge in [0.25, 0.3) is 0 Å². The first kappa shape index (κ1) is 13.2. The van der Waals surface area contributed by atoms with Gasteiger partial charge in [-0.1, -0.05) is 53.5 Å². The molecular formula is C15H17BrN2. The van der Waals surface area contributed by atoms with Gasteiger partial charge in [-0.2, -0.15) is 0 Å². The van der Waals surface area contributed by atoms with Crippen LogP contribution in [-0.2, 0) is 11.8 Å². The number of aromatic nitrogens is 2. The molecule has 0 radical (unpaired) electrons. The van der Waals surface area contributed by atoms with Gasteiger partial charge < -0.3 is 0 Å². The summed E-state index contributed by atoms with van der Waals surface area (Å²) in [6.45, 7) is 2.22. The summed E-state index contributed by atoms with van der Waals surface area (Å²) in [7, 11) is 0. The van der Waals surface area contributed by atoms with Crippen LogP contribution in [-0.4, -0.2) is 9.97 Å². The minimum atomic E-state index is 0.698. The summed E-state index contributed by atoms with van der Waals surface area (Å²) in [6.07, 6.45) is 7.41. The van der Waals surface area contributed by atoms with E-state index in [9.17, 15) is 0 Å². The molecule has 0 aliphatic carbocycles. The van der Waals surface area contributed by atoms with E-state index in [4.69, 9.17) is 0 Å². The average Bonchev–Trinajstić information content (AvgIpc) is 2.46. The van der Waals surface area contributed by atoms with Crippen LogP contribution in [0.15, 0.2) is 36.7 Å². The molecule has 0 aliphatic heterocycles. The first-order chi connectivity index (χ1) is 8.83. The molecule has 1 aromatic carbocycles. The van der Waals surface area contributed by atoms with Gasteiger partial charge in [0.2, 0.25) is 0 Å². The summed E-state index contributed by atoms with van der Waals surface area (Å²) in [6, 6.07) is 8.70. The molecule has 0 spiro atoms. The molecule has 1 aromatic heterocycles. The molecule has 18 heavy (non-hydrogen) atoms. The number of benzene rings is 1. The van der Waals surface area contributed by atoms with Crippen LogP contribution in [0.4, 0.5) is 0 Å². The van der Waals surface area contributed by atoms with E-state index in [1.807, 2.05) is 12.4 Å². The fraction of sp³-hybridized carbons (Fsp3) is 0.333. The Labute approximate surface area is 117 Å². The van der Waals surface area contributed by atoms with Crippen LogP contribution in [0.5, 0.6) is 0 Å². The second-order valence-electron chi connectivity index (χ2n) is 4.32. The maximum absolute atomic E-state index is 4.29. The molecule has 0 bridgehead atoms. The lowest BCUT2D eigenvalue weighted by Crippen LogP contribution is -1.91. The maximum Gasteiger partial charge on any atom is 0.138 e. The van der Waals surface area contributed by atoms with Gasteiger partial charge >= 0.3 is 0 Å². The molecule has 0 saturated heterocycles. The molecule has 2 rings (SSSR count). The Hall–Kier alpha value is -1.22. The van der Waals surface area contributed by atoms with Gasteiger partial charge in [0.1, 0.15) is 5.82 Å². The molecule has 0 N–H and O–H groups in total. The van der Waals surface area contributed by atoms with Crippen LogP contribution in [0.1, 0.15) is 31.2 Å². The fourth-order valence-electron chi connectivity index (χ4n) is 1.82. The highest BCUT2D eigenvalue weighted by atomic mass is 79.9. The van der Waals surface area contributed by atoms with Crippen molar-refractivity contribution in [2.75, 3.05) is 0 Å². The topological polar surface area (TPSA) is 25.8 Å². The largest absolute Gasteiger partial charge is 0.240 e. The Bertz CT molecular complexity index is 477. The molecular weight excluding hydrogens is 288 g/mol. The second kappa shape index (κ2) is 6.64. The van der Waals surface area contributed by atoms with Crippen molar-refractivity contribution in [2.24, 2.45) is 0 Å². The average molecular weight is 305 g/mol. The lowest BCUT2D eigenvalue weighted by atomic mass is 10.0. The van der Waals surface area contributed by atoms with Gasteiger partial charge in [0, 0.05) is 18.0 Å². The van der Waals surface area contributed by atoms with Crippen molar-refractivity contribution < 1.29 is 0 Å². The molecule has 0 amide bonds. The second-order valence-corrected chi connectivity index (χ2v) is 4.88. The van der Waals surface area contributed by atoms with Crippen LogP contribution < -0.4 is 0 Å². The minimum absolute atomic E-state index is 0.698. The zero-order chi connectivity index (χ0) is 12.8. The van der Waals surface area contributed by atoms with E-state index in [0.29, 0.717) is 5.33 Å². The third-order valence-corrected chi connectivity index (χ3v) is 3.43. The predicted molar refractivity (Wildman–Crippen MR) is 78.7 cm³/mol. The zero-order valence-corrected chi connectivity index (χ0v) is 12.2. The molecule has 2 aromatic rings. The summed E-state index contributed by atoms with van der Waals surface area (Å²) in [4.78, 5) is 8.58. The van der Waals surface area contributed by atoms with Gasteiger partial charge in [-0.25, -0.2) is 9.97 Å². The third-order valence-electron chi connectivity index (χ3n) is 2.93. The summed E-state index contributed by atoms with van der Waals surface area (Å²) < 4.78 is 0. The minimum Gasteiger partial charge on any atom is -0.240 e. The number of alkyl halides is 1. The van der Waals surface area contributed by atoms with E-state index in [2.05, 4.69) is 57.1 Å². The standard InChI is InChI=1S/C15H17BrN2/c1-2-3-4-12-5-7-13(8-6-12)14-10-17-15(9-16)18-11-14/h5-8,10-11H,2-4,9H2,1H3. The highest BCUT2D eigenvalue weighted by molar-refractivity contribution is 9.08. The quantitative estimate of drug-likeness (QED) is 0.766. The van der Waals surface area contributed by atoms with E-state index in [-0.39, 0.29) is 0 Å². The number of unbranched alkanes of at least 4 members (excludes halogenated alkanes) is 1. The molecule has 0 fully saturated rings. The lowest BCUT2D eigenvalue weighted by molar-refractivity contribution is 0.795. The van der Waals surface area contributed by atoms with Crippen molar-refractivity contribution in [1.29, 1.82) is 0 Å². The zero-order valence-electron chi connectivity index (χ0n) is 10.6. The first-order valence-corrected chi connectivity index (χ1v) is 7.42. The van der Waals surface area contributed by atoms with Gasteiger partial charge in [-0.05, 0) is 24.0 Å². The molecule has 94 valence electrons. The smallest absolute Gasteiger partial charge is 0.138 e. The predicted octanol–water partition coefficient (Wildman–Crippen LogP) is 4.38. The first-order valence-electron chi connectivity index (χ1n) is 6.29. The number of hydrogen-bond donors (Lipinski definition) is 0. The third kappa shape index (κ3) is 3.39. The van der Waals surface area contributed by atoms with Crippen LogP contribution in [0, 0.1) is 0 Å². The van der Waals surface area contributed by atoms with E-state index in [0.717, 1.165) is 17.8 Å². The molecule has 3 heteroatoms. The Morgan fingerprint density at radius 1 is 1.00 bits per heavy atom. The number of rotatable bonds is 5. The SMILES string of the molecule is CCCCc1ccc(-c2cnc(CBr)nc2)cc1. The number of halogens is 1. The van der Waals surface area contributed by atoms with E-state index in [1.54, 1.807) is 0 Å². The monoisotopic (exact) mass is 304 g/mol. The van der Waals surface area contributed by atoms with Gasteiger partial charge in [0.15, 0.2) is 0 Å². The van der Waals surface area contributed by atoms with Crippen LogP contribution >= 0.6 is 15.9 Å². The Morgan fingerprint density at radius 3 is 2.22 bits per heavy atom.